The first-order valence-electron chi connectivity index (χ1n) is 11.0. The third-order valence-electron chi connectivity index (χ3n) is 6.21. The zero-order valence-corrected chi connectivity index (χ0v) is 19.6. The number of benzene rings is 1. The number of amides is 2. The Labute approximate surface area is 189 Å². The Morgan fingerprint density at radius 2 is 2.00 bits per heavy atom. The van der Waals surface area contributed by atoms with E-state index in [0.717, 1.165) is 17.3 Å². The topological polar surface area (TPSA) is 78.1 Å². The highest BCUT2D eigenvalue weighted by atomic mass is 35.5. The maximum Gasteiger partial charge on any atom is 0.245 e. The van der Waals surface area contributed by atoms with Gasteiger partial charge in [0.05, 0.1) is 0 Å². The van der Waals surface area contributed by atoms with Crippen LogP contribution in [0.1, 0.15) is 57.8 Å². The number of hydrogen-bond acceptors (Lipinski definition) is 3. The molecule has 6 nitrogen and oxygen atoms in total. The molecule has 0 spiro atoms. The van der Waals surface area contributed by atoms with E-state index in [0.29, 0.717) is 31.8 Å². The van der Waals surface area contributed by atoms with Crippen molar-refractivity contribution in [1.29, 1.82) is 0 Å². The molecular formula is C24H33ClN4O2. The lowest BCUT2D eigenvalue weighted by atomic mass is 9.70. The second-order valence-electron chi connectivity index (χ2n) is 9.47. The maximum atomic E-state index is 13.4. The minimum Gasteiger partial charge on any atom is -0.349 e. The molecule has 0 bridgehead atoms. The van der Waals surface area contributed by atoms with Crippen molar-refractivity contribution in [3.8, 4) is 0 Å². The number of halogens is 1. The number of hydrogen-bond donors (Lipinski definition) is 2. The van der Waals surface area contributed by atoms with Crippen molar-refractivity contribution in [1.82, 2.24) is 20.2 Å². The molecule has 3 rings (SSSR count). The predicted molar refractivity (Wildman–Crippen MR) is 123 cm³/mol. The third-order valence-corrected chi connectivity index (χ3v) is 6.46. The Balaban J connectivity index is 1.62. The molecule has 2 N–H and O–H groups in total. The number of piperidine rings is 1. The van der Waals surface area contributed by atoms with Gasteiger partial charge in [0.1, 0.15) is 11.9 Å². The SMILES string of the molecule is CC(C)[C@@H](NC(=O)CCc1ncc[nH]1)C(=O)N1CCC(c2ccc(Cl)cc2)C(C)(C)C1. The second kappa shape index (κ2) is 9.86. The van der Waals surface area contributed by atoms with Gasteiger partial charge in [-0.05, 0) is 41.4 Å². The van der Waals surface area contributed by atoms with Crippen LogP contribution < -0.4 is 5.32 Å². The zero-order chi connectivity index (χ0) is 22.6. The van der Waals surface area contributed by atoms with Crippen molar-refractivity contribution in [3.63, 3.8) is 0 Å². The van der Waals surface area contributed by atoms with Gasteiger partial charge in [-0.2, -0.15) is 0 Å². The summed E-state index contributed by atoms with van der Waals surface area (Å²) in [6, 6.07) is 7.51. The molecule has 1 aromatic heterocycles. The Hall–Kier alpha value is -2.34. The first kappa shape index (κ1) is 23.3. The van der Waals surface area contributed by atoms with E-state index in [2.05, 4.69) is 41.3 Å². The fourth-order valence-electron chi connectivity index (χ4n) is 4.48. The molecule has 1 fully saturated rings. The molecule has 0 aliphatic carbocycles. The molecule has 31 heavy (non-hydrogen) atoms. The van der Waals surface area contributed by atoms with E-state index in [-0.39, 0.29) is 23.1 Å². The first-order valence-corrected chi connectivity index (χ1v) is 11.4. The van der Waals surface area contributed by atoms with Gasteiger partial charge in [-0.25, -0.2) is 4.98 Å². The number of H-pyrrole nitrogens is 1. The number of nitrogens with zero attached hydrogens (tertiary/aromatic N) is 2. The van der Waals surface area contributed by atoms with Crippen LogP contribution in [-0.2, 0) is 16.0 Å². The minimum absolute atomic E-state index is 0.00368. The van der Waals surface area contributed by atoms with E-state index in [1.54, 1.807) is 12.4 Å². The number of imidazole rings is 1. The van der Waals surface area contributed by atoms with E-state index >= 15 is 0 Å². The fourth-order valence-corrected chi connectivity index (χ4v) is 4.61. The quantitative estimate of drug-likeness (QED) is 0.672. The summed E-state index contributed by atoms with van der Waals surface area (Å²) in [7, 11) is 0. The lowest BCUT2D eigenvalue weighted by Crippen LogP contribution is -2.55. The van der Waals surface area contributed by atoms with E-state index in [9.17, 15) is 9.59 Å². The van der Waals surface area contributed by atoms with Crippen LogP contribution in [0.5, 0.6) is 0 Å². The average Bonchev–Trinajstić information content (AvgIpc) is 3.23. The molecule has 2 atom stereocenters. The molecule has 2 amide bonds. The van der Waals surface area contributed by atoms with Crippen LogP contribution in [0.25, 0.3) is 0 Å². The molecule has 1 aliphatic heterocycles. The van der Waals surface area contributed by atoms with E-state index in [1.165, 1.54) is 5.56 Å². The van der Waals surface area contributed by atoms with Crippen LogP contribution in [-0.4, -0.2) is 45.8 Å². The van der Waals surface area contributed by atoms with Gasteiger partial charge in [0, 0.05) is 43.3 Å². The van der Waals surface area contributed by atoms with Crippen LogP contribution in [0, 0.1) is 11.3 Å². The smallest absolute Gasteiger partial charge is 0.245 e. The number of likely N-dealkylation sites (tertiary alicyclic amines) is 1. The average molecular weight is 445 g/mol. The summed E-state index contributed by atoms with van der Waals surface area (Å²) in [6.45, 7) is 9.70. The second-order valence-corrected chi connectivity index (χ2v) is 9.90. The predicted octanol–water partition coefficient (Wildman–Crippen LogP) is 4.18. The summed E-state index contributed by atoms with van der Waals surface area (Å²) in [4.78, 5) is 34.9. The molecule has 7 heteroatoms. The van der Waals surface area contributed by atoms with Gasteiger partial charge < -0.3 is 15.2 Å². The van der Waals surface area contributed by atoms with E-state index in [4.69, 9.17) is 11.6 Å². The summed E-state index contributed by atoms with van der Waals surface area (Å²) >= 11 is 6.05. The zero-order valence-electron chi connectivity index (χ0n) is 18.8. The first-order chi connectivity index (χ1) is 14.7. The van der Waals surface area contributed by atoms with Gasteiger partial charge >= 0.3 is 0 Å². The van der Waals surface area contributed by atoms with Crippen LogP contribution in [0.2, 0.25) is 5.02 Å². The van der Waals surface area contributed by atoms with Crippen LogP contribution in [0.3, 0.4) is 0 Å². The minimum atomic E-state index is -0.521. The van der Waals surface area contributed by atoms with Gasteiger partial charge in [-0.1, -0.05) is 51.4 Å². The molecule has 1 unspecified atom stereocenters. The molecule has 2 aromatic rings. The number of rotatable bonds is 7. The van der Waals surface area contributed by atoms with Gasteiger partial charge in [-0.3, -0.25) is 9.59 Å². The molecular weight excluding hydrogens is 412 g/mol. The number of carbonyl (C=O) groups is 2. The molecule has 0 saturated carbocycles. The Morgan fingerprint density at radius 1 is 1.29 bits per heavy atom. The van der Waals surface area contributed by atoms with Crippen molar-refractivity contribution in [2.45, 2.75) is 58.9 Å². The summed E-state index contributed by atoms with van der Waals surface area (Å²) < 4.78 is 0. The molecule has 2 heterocycles. The number of aromatic amines is 1. The van der Waals surface area contributed by atoms with Crippen molar-refractivity contribution < 1.29 is 9.59 Å². The standard InChI is InChI=1S/C24H33ClN4O2/c1-16(2)22(28-21(30)10-9-20-26-12-13-27-20)23(31)29-14-11-19(24(3,4)15-29)17-5-7-18(25)8-6-17/h5-8,12-13,16,19,22H,9-11,14-15H2,1-4H3,(H,26,27)(H,28,30)/t19?,22-/m1/s1. The normalized spacial score (nSPS) is 19.3. The van der Waals surface area contributed by atoms with Crippen LogP contribution >= 0.6 is 11.6 Å². The monoisotopic (exact) mass is 444 g/mol. The molecule has 1 saturated heterocycles. The largest absolute Gasteiger partial charge is 0.349 e. The number of aryl methyl sites for hydroxylation is 1. The van der Waals surface area contributed by atoms with Crippen molar-refractivity contribution in [3.05, 3.63) is 53.1 Å². The number of nitrogens with one attached hydrogen (secondary N) is 2. The van der Waals surface area contributed by atoms with Crippen molar-refractivity contribution in [2.24, 2.45) is 11.3 Å². The summed E-state index contributed by atoms with van der Waals surface area (Å²) in [5, 5.41) is 3.70. The van der Waals surface area contributed by atoms with Crippen LogP contribution in [0.15, 0.2) is 36.7 Å². The summed E-state index contributed by atoms with van der Waals surface area (Å²) in [5.74, 6) is 1.02. The van der Waals surface area contributed by atoms with Gasteiger partial charge in [0.15, 0.2) is 0 Å². The Morgan fingerprint density at radius 3 is 2.58 bits per heavy atom. The maximum absolute atomic E-state index is 13.4. The summed E-state index contributed by atoms with van der Waals surface area (Å²) in [6.07, 6.45) is 5.12. The van der Waals surface area contributed by atoms with E-state index < -0.39 is 6.04 Å². The van der Waals surface area contributed by atoms with Gasteiger partial charge in [-0.15, -0.1) is 0 Å². The molecule has 1 aliphatic rings. The molecule has 168 valence electrons. The fraction of sp³-hybridized carbons (Fsp3) is 0.542. The van der Waals surface area contributed by atoms with E-state index in [1.807, 2.05) is 30.9 Å². The Bertz CT molecular complexity index is 877. The highest BCUT2D eigenvalue weighted by Crippen LogP contribution is 2.42. The molecule has 1 aromatic carbocycles. The third kappa shape index (κ3) is 5.88. The highest BCUT2D eigenvalue weighted by Gasteiger charge is 2.40. The summed E-state index contributed by atoms with van der Waals surface area (Å²) in [5.41, 5.74) is 1.18. The van der Waals surface area contributed by atoms with Crippen molar-refractivity contribution >= 4 is 23.4 Å². The number of carbonyl (C=O) groups excluding carboxylic acids is 2. The van der Waals surface area contributed by atoms with Crippen molar-refractivity contribution in [2.75, 3.05) is 13.1 Å². The lowest BCUT2D eigenvalue weighted by molar-refractivity contribution is -0.140. The van der Waals surface area contributed by atoms with Gasteiger partial charge in [0.2, 0.25) is 11.8 Å². The number of aromatic nitrogens is 2. The highest BCUT2D eigenvalue weighted by molar-refractivity contribution is 6.30. The van der Waals surface area contributed by atoms with Gasteiger partial charge in [0.25, 0.3) is 0 Å². The van der Waals surface area contributed by atoms with Crippen LogP contribution in [0.4, 0.5) is 0 Å². The lowest BCUT2D eigenvalue weighted by Gasteiger charge is -2.45. The molecule has 0 radical (unpaired) electrons. The Kier molecular flexibility index (Phi) is 7.42.